The lowest BCUT2D eigenvalue weighted by atomic mass is 10.0. The Labute approximate surface area is 155 Å². The second kappa shape index (κ2) is 12.8. The minimum Gasteiger partial charge on any atom is -0.396 e. The number of aliphatic hydroxyl groups excluding tert-OH is 3. The van der Waals surface area contributed by atoms with Gasteiger partial charge in [-0.25, -0.2) is 0 Å². The van der Waals surface area contributed by atoms with E-state index in [0.717, 1.165) is 12.8 Å². The number of amides is 1. The lowest BCUT2D eigenvalue weighted by molar-refractivity contribution is -0.384. The summed E-state index contributed by atoms with van der Waals surface area (Å²) in [7, 11) is 0. The van der Waals surface area contributed by atoms with Crippen LogP contribution in [0.25, 0.3) is 0 Å². The van der Waals surface area contributed by atoms with E-state index in [4.69, 9.17) is 33.4 Å². The van der Waals surface area contributed by atoms with Crippen molar-refractivity contribution >= 4 is 34.8 Å². The van der Waals surface area contributed by atoms with Crippen molar-refractivity contribution in [3.8, 4) is 0 Å². The Balaban J connectivity index is 0.00000101. The molecule has 0 unspecified atom stereocenters. The van der Waals surface area contributed by atoms with Crippen molar-refractivity contribution in [2.24, 2.45) is 0 Å². The molecule has 0 aliphatic carbocycles. The first-order valence-electron chi connectivity index (χ1n) is 7.51. The number of halogens is 2. The number of hydrogen-bond acceptors (Lipinski definition) is 6. The Kier molecular flexibility index (Phi) is 12.1. The lowest BCUT2D eigenvalue weighted by Crippen LogP contribution is -2.44. The smallest absolute Gasteiger partial charge is 0.269 e. The van der Waals surface area contributed by atoms with E-state index in [-0.39, 0.29) is 5.69 Å². The number of aliphatic hydroxyl groups is 3. The fraction of sp³-hybridized carbons (Fsp3) is 0.533. The van der Waals surface area contributed by atoms with E-state index in [9.17, 15) is 20.0 Å². The van der Waals surface area contributed by atoms with E-state index in [1.165, 1.54) is 24.3 Å². The maximum absolute atomic E-state index is 11.3. The van der Waals surface area contributed by atoms with Gasteiger partial charge in [0, 0.05) is 18.7 Å². The van der Waals surface area contributed by atoms with Gasteiger partial charge in [-0.15, -0.1) is 0 Å². The lowest BCUT2D eigenvalue weighted by Gasteiger charge is -2.22. The number of nitro groups is 1. The van der Waals surface area contributed by atoms with Crippen LogP contribution in [0.3, 0.4) is 0 Å². The van der Waals surface area contributed by atoms with Crippen LogP contribution in [0.15, 0.2) is 24.3 Å². The fourth-order valence-electron chi connectivity index (χ4n) is 1.65. The summed E-state index contributed by atoms with van der Waals surface area (Å²) in [5.41, 5.74) is 0.169. The zero-order valence-corrected chi connectivity index (χ0v) is 15.2. The molecule has 25 heavy (non-hydrogen) atoms. The van der Waals surface area contributed by atoms with E-state index < -0.39 is 34.4 Å². The largest absolute Gasteiger partial charge is 0.396 e. The number of rotatable bonds is 8. The molecule has 0 aliphatic rings. The number of benzene rings is 1. The van der Waals surface area contributed by atoms with Crippen LogP contribution in [-0.4, -0.2) is 50.2 Å². The zero-order valence-electron chi connectivity index (χ0n) is 13.6. The molecule has 10 heteroatoms. The molecule has 8 nitrogen and oxygen atoms in total. The van der Waals surface area contributed by atoms with E-state index in [2.05, 4.69) is 12.2 Å². The van der Waals surface area contributed by atoms with Crippen molar-refractivity contribution in [2.75, 3.05) is 13.2 Å². The second-order valence-electron chi connectivity index (χ2n) is 4.97. The van der Waals surface area contributed by atoms with Crippen LogP contribution in [0.1, 0.15) is 31.4 Å². The number of nitrogens with one attached hydrogen (secondary N) is 1. The monoisotopic (exact) mass is 396 g/mol. The molecular formula is C15H22Cl2N2O6. The molecule has 0 fully saturated rings. The van der Waals surface area contributed by atoms with Crippen LogP contribution in [-0.2, 0) is 4.79 Å². The summed E-state index contributed by atoms with van der Waals surface area (Å²) in [6.07, 6.45) is 0.785. The van der Waals surface area contributed by atoms with Crippen LogP contribution in [0.5, 0.6) is 0 Å². The summed E-state index contributed by atoms with van der Waals surface area (Å²) in [5, 5.41) is 40.0. The zero-order chi connectivity index (χ0) is 19.4. The van der Waals surface area contributed by atoms with Crippen molar-refractivity contribution in [1.82, 2.24) is 5.32 Å². The van der Waals surface area contributed by atoms with Gasteiger partial charge in [0.15, 0.2) is 4.84 Å². The third kappa shape index (κ3) is 8.99. The average Bonchev–Trinajstić information content (AvgIpc) is 2.60. The molecule has 0 radical (unpaired) electrons. The Hall–Kier alpha value is -1.45. The first-order chi connectivity index (χ1) is 11.8. The molecule has 1 rings (SSSR count). The van der Waals surface area contributed by atoms with Crippen molar-refractivity contribution in [2.45, 2.75) is 36.7 Å². The highest BCUT2D eigenvalue weighted by Crippen LogP contribution is 2.20. The highest BCUT2D eigenvalue weighted by Gasteiger charge is 2.24. The molecule has 0 spiro atoms. The van der Waals surface area contributed by atoms with Gasteiger partial charge in [-0.1, -0.05) is 36.5 Å². The van der Waals surface area contributed by atoms with E-state index in [1.807, 2.05) is 0 Å². The van der Waals surface area contributed by atoms with Crippen molar-refractivity contribution in [3.63, 3.8) is 0 Å². The summed E-state index contributed by atoms with van der Waals surface area (Å²) in [6.45, 7) is 1.84. The molecule has 2 atom stereocenters. The third-order valence-corrected chi connectivity index (χ3v) is 3.46. The number of unbranched alkanes of at least 4 members (excludes halogenated alkanes) is 1. The third-order valence-electron chi connectivity index (χ3n) is 3.06. The first kappa shape index (κ1) is 23.5. The fourth-order valence-corrected chi connectivity index (χ4v) is 1.78. The summed E-state index contributed by atoms with van der Waals surface area (Å²) in [6, 6.07) is 4.05. The van der Waals surface area contributed by atoms with Crippen molar-refractivity contribution in [3.05, 3.63) is 39.9 Å². The molecule has 4 N–H and O–H groups in total. The Morgan fingerprint density at radius 2 is 1.84 bits per heavy atom. The molecule has 0 saturated heterocycles. The second-order valence-corrected chi connectivity index (χ2v) is 6.07. The highest BCUT2D eigenvalue weighted by molar-refractivity contribution is 6.53. The number of alkyl halides is 2. The van der Waals surface area contributed by atoms with Gasteiger partial charge in [0.2, 0.25) is 0 Å². The van der Waals surface area contributed by atoms with Gasteiger partial charge in [0.25, 0.3) is 11.6 Å². The minimum atomic E-state index is -1.33. The van der Waals surface area contributed by atoms with Gasteiger partial charge >= 0.3 is 0 Å². The Bertz CT molecular complexity index is 525. The molecule has 1 amide bonds. The van der Waals surface area contributed by atoms with Gasteiger partial charge in [-0.2, -0.15) is 0 Å². The molecule has 0 aliphatic heterocycles. The van der Waals surface area contributed by atoms with Crippen LogP contribution in [0, 0.1) is 10.1 Å². The van der Waals surface area contributed by atoms with Crippen molar-refractivity contribution < 1.29 is 25.0 Å². The minimum absolute atomic E-state index is 0.132. The number of nitrogens with zero attached hydrogens (tertiary/aromatic N) is 1. The van der Waals surface area contributed by atoms with Crippen LogP contribution < -0.4 is 5.32 Å². The maximum atomic E-state index is 11.3. The topological polar surface area (TPSA) is 133 Å². The normalized spacial score (nSPS) is 12.8. The van der Waals surface area contributed by atoms with Gasteiger partial charge < -0.3 is 20.6 Å². The van der Waals surface area contributed by atoms with Gasteiger partial charge in [-0.05, 0) is 24.1 Å². The summed E-state index contributed by atoms with van der Waals surface area (Å²) in [4.78, 5) is 19.9. The molecule has 142 valence electrons. The number of nitro benzene ring substituents is 1. The first-order valence-corrected chi connectivity index (χ1v) is 8.38. The number of hydrogen-bond donors (Lipinski definition) is 4. The molecule has 0 bridgehead atoms. The summed E-state index contributed by atoms with van der Waals surface area (Å²) >= 11 is 10.7. The van der Waals surface area contributed by atoms with Crippen LogP contribution in [0.4, 0.5) is 5.69 Å². The average molecular weight is 397 g/mol. The predicted molar refractivity (Wildman–Crippen MR) is 94.6 cm³/mol. The standard InChI is InChI=1S/C11H12Cl2N2O5.C4H10O/c12-10(13)11(18)14-8(5-16)9(17)6-1-3-7(4-2-6)15(19)20;1-2-3-4-5/h1-4,8-10,16-17H,5H2,(H,14,18);5H,2-4H2,1H3/t8-,9-;/m0./s1. The number of carbonyl (C=O) groups excluding carboxylic acids is 1. The molecule has 0 heterocycles. The number of carbonyl (C=O) groups is 1. The molecular weight excluding hydrogens is 375 g/mol. The Morgan fingerprint density at radius 1 is 1.28 bits per heavy atom. The van der Waals surface area contributed by atoms with Crippen LogP contribution in [0.2, 0.25) is 0 Å². The molecule has 1 aromatic rings. The van der Waals surface area contributed by atoms with Gasteiger partial charge in [-0.3, -0.25) is 14.9 Å². The van der Waals surface area contributed by atoms with Gasteiger partial charge in [0.1, 0.15) is 6.10 Å². The quantitative estimate of drug-likeness (QED) is 0.300. The van der Waals surface area contributed by atoms with E-state index in [0.29, 0.717) is 12.2 Å². The van der Waals surface area contributed by atoms with E-state index in [1.54, 1.807) is 0 Å². The summed E-state index contributed by atoms with van der Waals surface area (Å²) in [5.74, 6) is -0.756. The summed E-state index contributed by atoms with van der Waals surface area (Å²) < 4.78 is 0. The van der Waals surface area contributed by atoms with Gasteiger partial charge in [0.05, 0.1) is 17.6 Å². The van der Waals surface area contributed by atoms with Crippen molar-refractivity contribution in [1.29, 1.82) is 0 Å². The highest BCUT2D eigenvalue weighted by atomic mass is 35.5. The van der Waals surface area contributed by atoms with Crippen LogP contribution >= 0.6 is 23.2 Å². The Morgan fingerprint density at radius 3 is 2.16 bits per heavy atom. The molecule has 0 saturated carbocycles. The molecule has 1 aromatic carbocycles. The predicted octanol–water partition coefficient (Wildman–Crippen LogP) is 1.69. The van der Waals surface area contributed by atoms with E-state index >= 15 is 0 Å². The number of non-ortho nitro benzene ring substituents is 1. The maximum Gasteiger partial charge on any atom is 0.269 e. The molecule has 0 aromatic heterocycles. The SMILES string of the molecule is CCCCO.O=C(N[C@@H](CO)[C@@H](O)c1ccc([N+](=O)[O-])cc1)C(Cl)Cl.